The number of furan rings is 1. The van der Waals surface area contributed by atoms with E-state index in [4.69, 9.17) is 10.3 Å². The SMILES string of the molecule is NNC(=O)c1ccc(COc2c(F)c(F)cc(F)c2F)o1. The first-order chi connectivity index (χ1) is 9.93. The summed E-state index contributed by atoms with van der Waals surface area (Å²) in [6, 6.07) is 2.57. The minimum atomic E-state index is -1.67. The Morgan fingerprint density at radius 1 is 1.19 bits per heavy atom. The average Bonchev–Trinajstić information content (AvgIpc) is 2.93. The molecule has 1 aromatic carbocycles. The number of benzene rings is 1. The minimum absolute atomic E-state index is 0.00271. The molecule has 0 aliphatic heterocycles. The molecule has 9 heteroatoms. The maximum Gasteiger partial charge on any atom is 0.300 e. The molecule has 21 heavy (non-hydrogen) atoms. The number of halogens is 4. The normalized spacial score (nSPS) is 10.5. The molecule has 0 saturated heterocycles. The van der Waals surface area contributed by atoms with Gasteiger partial charge in [0.2, 0.25) is 11.6 Å². The van der Waals surface area contributed by atoms with Crippen molar-refractivity contribution in [2.45, 2.75) is 6.61 Å². The average molecular weight is 304 g/mol. The van der Waals surface area contributed by atoms with E-state index in [0.29, 0.717) is 0 Å². The molecule has 0 spiro atoms. The summed E-state index contributed by atoms with van der Waals surface area (Å²) in [7, 11) is 0. The zero-order valence-corrected chi connectivity index (χ0v) is 10.3. The van der Waals surface area contributed by atoms with Crippen molar-refractivity contribution in [1.29, 1.82) is 0 Å². The topological polar surface area (TPSA) is 77.5 Å². The smallest absolute Gasteiger partial charge is 0.300 e. The molecule has 0 radical (unpaired) electrons. The number of hydrogen-bond acceptors (Lipinski definition) is 4. The highest BCUT2D eigenvalue weighted by Crippen LogP contribution is 2.27. The number of carbonyl (C=O) groups excluding carboxylic acids is 1. The van der Waals surface area contributed by atoms with Crippen LogP contribution in [0.5, 0.6) is 5.75 Å². The van der Waals surface area contributed by atoms with Gasteiger partial charge in [-0.2, -0.15) is 8.78 Å². The van der Waals surface area contributed by atoms with Gasteiger partial charge in [-0.05, 0) is 12.1 Å². The molecule has 0 bridgehead atoms. The van der Waals surface area contributed by atoms with Crippen LogP contribution >= 0.6 is 0 Å². The summed E-state index contributed by atoms with van der Waals surface area (Å²) in [4.78, 5) is 11.1. The minimum Gasteiger partial charge on any atom is -0.479 e. The van der Waals surface area contributed by atoms with Crippen molar-refractivity contribution >= 4 is 5.91 Å². The zero-order valence-electron chi connectivity index (χ0n) is 10.3. The van der Waals surface area contributed by atoms with E-state index in [1.807, 2.05) is 5.43 Å². The summed E-state index contributed by atoms with van der Waals surface area (Å²) in [5, 5.41) is 0. The Labute approximate surface area is 115 Å². The fraction of sp³-hybridized carbons (Fsp3) is 0.0833. The van der Waals surface area contributed by atoms with Gasteiger partial charge in [-0.1, -0.05) is 0 Å². The van der Waals surface area contributed by atoms with Crippen molar-refractivity contribution in [3.8, 4) is 5.75 Å². The lowest BCUT2D eigenvalue weighted by Crippen LogP contribution is -2.29. The zero-order chi connectivity index (χ0) is 15.6. The maximum absolute atomic E-state index is 13.3. The molecule has 1 aromatic heterocycles. The summed E-state index contributed by atoms with van der Waals surface area (Å²) in [6.07, 6.45) is 0. The van der Waals surface area contributed by atoms with E-state index >= 15 is 0 Å². The molecule has 0 unspecified atom stereocenters. The van der Waals surface area contributed by atoms with Gasteiger partial charge in [0.15, 0.2) is 23.1 Å². The highest BCUT2D eigenvalue weighted by molar-refractivity contribution is 5.90. The van der Waals surface area contributed by atoms with E-state index < -0.39 is 41.5 Å². The number of rotatable bonds is 4. The van der Waals surface area contributed by atoms with Gasteiger partial charge in [0, 0.05) is 6.07 Å². The van der Waals surface area contributed by atoms with E-state index in [2.05, 4.69) is 4.74 Å². The molecule has 0 saturated carbocycles. The van der Waals surface area contributed by atoms with Crippen molar-refractivity contribution in [1.82, 2.24) is 5.43 Å². The lowest BCUT2D eigenvalue weighted by atomic mass is 10.3. The summed E-state index contributed by atoms with van der Waals surface area (Å²) >= 11 is 0. The number of hydrogen-bond donors (Lipinski definition) is 2. The molecule has 3 N–H and O–H groups in total. The molecule has 0 fully saturated rings. The molecule has 1 amide bonds. The van der Waals surface area contributed by atoms with E-state index in [0.717, 1.165) is 0 Å². The molecule has 0 aliphatic carbocycles. The Morgan fingerprint density at radius 3 is 2.38 bits per heavy atom. The van der Waals surface area contributed by atoms with Gasteiger partial charge in [0.1, 0.15) is 12.4 Å². The molecular formula is C12H8F4N2O3. The van der Waals surface area contributed by atoms with E-state index in [1.54, 1.807) is 0 Å². The molecule has 0 atom stereocenters. The number of nitrogens with one attached hydrogen (secondary N) is 1. The number of amides is 1. The fourth-order valence-corrected chi connectivity index (χ4v) is 1.47. The predicted octanol–water partition coefficient (Wildman–Crippen LogP) is 2.02. The van der Waals surface area contributed by atoms with Gasteiger partial charge < -0.3 is 9.15 Å². The Hall–Kier alpha value is -2.55. The second-order valence-electron chi connectivity index (χ2n) is 3.83. The first-order valence-electron chi connectivity index (χ1n) is 5.49. The fourth-order valence-electron chi connectivity index (χ4n) is 1.47. The van der Waals surface area contributed by atoms with Crippen molar-refractivity contribution in [2.24, 2.45) is 5.84 Å². The van der Waals surface area contributed by atoms with Crippen molar-refractivity contribution in [3.63, 3.8) is 0 Å². The van der Waals surface area contributed by atoms with E-state index in [9.17, 15) is 22.4 Å². The first-order valence-corrected chi connectivity index (χ1v) is 5.49. The van der Waals surface area contributed by atoms with E-state index in [-0.39, 0.29) is 17.6 Å². The number of nitrogen functional groups attached to an aromatic ring is 1. The summed E-state index contributed by atoms with van der Waals surface area (Å²) in [5.74, 6) is -3.74. The van der Waals surface area contributed by atoms with Gasteiger partial charge in [0.05, 0.1) is 0 Å². The van der Waals surface area contributed by atoms with Gasteiger partial charge in [-0.25, -0.2) is 14.6 Å². The summed E-state index contributed by atoms with van der Waals surface area (Å²) < 4.78 is 62.1. The third-order valence-corrected chi connectivity index (χ3v) is 2.45. The largest absolute Gasteiger partial charge is 0.479 e. The number of nitrogens with two attached hydrogens (primary N) is 1. The predicted molar refractivity (Wildman–Crippen MR) is 61.0 cm³/mol. The maximum atomic E-state index is 13.3. The molecule has 112 valence electrons. The second kappa shape index (κ2) is 5.83. The van der Waals surface area contributed by atoms with Crippen LogP contribution in [0.3, 0.4) is 0 Å². The number of hydrazine groups is 1. The summed E-state index contributed by atoms with van der Waals surface area (Å²) in [5.41, 5.74) is 1.81. The molecule has 5 nitrogen and oxygen atoms in total. The van der Waals surface area contributed by atoms with Crippen LogP contribution in [0.25, 0.3) is 0 Å². The van der Waals surface area contributed by atoms with Crippen LogP contribution in [-0.4, -0.2) is 5.91 Å². The molecule has 2 rings (SSSR count). The van der Waals surface area contributed by atoms with Crippen molar-refractivity contribution < 1.29 is 31.5 Å². The standard InChI is InChI=1S/C12H8F4N2O3/c13-6-3-7(14)10(16)11(9(6)15)20-4-5-1-2-8(21-5)12(19)18-17/h1-3H,4,17H2,(H,18,19). The van der Waals surface area contributed by atoms with Gasteiger partial charge in [-0.3, -0.25) is 10.2 Å². The highest BCUT2D eigenvalue weighted by atomic mass is 19.2. The highest BCUT2D eigenvalue weighted by Gasteiger charge is 2.21. The van der Waals surface area contributed by atoms with Crippen LogP contribution < -0.4 is 16.0 Å². The monoisotopic (exact) mass is 304 g/mol. The van der Waals surface area contributed by atoms with Crippen LogP contribution in [0, 0.1) is 23.3 Å². The lowest BCUT2D eigenvalue weighted by molar-refractivity contribution is 0.0921. The summed E-state index contributed by atoms with van der Waals surface area (Å²) in [6.45, 7) is -0.547. The Bertz CT molecular complexity index is 661. The third kappa shape index (κ3) is 2.97. The molecular weight excluding hydrogens is 296 g/mol. The van der Waals surface area contributed by atoms with Gasteiger partial charge in [-0.15, -0.1) is 0 Å². The molecule has 2 aromatic rings. The second-order valence-corrected chi connectivity index (χ2v) is 3.83. The van der Waals surface area contributed by atoms with Crippen LogP contribution in [0.15, 0.2) is 22.6 Å². The van der Waals surface area contributed by atoms with Crippen molar-refractivity contribution in [2.75, 3.05) is 0 Å². The van der Waals surface area contributed by atoms with Crippen molar-refractivity contribution in [3.05, 3.63) is 53.0 Å². The van der Waals surface area contributed by atoms with Crippen LogP contribution in [0.4, 0.5) is 17.6 Å². The third-order valence-electron chi connectivity index (χ3n) is 2.45. The number of carbonyl (C=O) groups is 1. The van der Waals surface area contributed by atoms with Gasteiger partial charge in [0.25, 0.3) is 0 Å². The van der Waals surface area contributed by atoms with Crippen LogP contribution in [0.1, 0.15) is 16.3 Å². The van der Waals surface area contributed by atoms with Crippen LogP contribution in [-0.2, 0) is 6.61 Å². The van der Waals surface area contributed by atoms with Gasteiger partial charge >= 0.3 is 5.91 Å². The molecule has 0 aliphatic rings. The van der Waals surface area contributed by atoms with Crippen LogP contribution in [0.2, 0.25) is 0 Å². The Kier molecular flexibility index (Phi) is 4.13. The number of ether oxygens (including phenoxy) is 1. The Balaban J connectivity index is 2.17. The molecule has 1 heterocycles. The quantitative estimate of drug-likeness (QED) is 0.298. The van der Waals surface area contributed by atoms with E-state index in [1.165, 1.54) is 12.1 Å². The lowest BCUT2D eigenvalue weighted by Gasteiger charge is -2.08. The Morgan fingerprint density at radius 2 is 1.81 bits per heavy atom. The first kappa shape index (κ1) is 14.9.